The first kappa shape index (κ1) is 12.9. The number of benzene rings is 2. The Bertz CT molecular complexity index is 603. The van der Waals surface area contributed by atoms with Gasteiger partial charge < -0.3 is 0 Å². The maximum atomic E-state index is 13.2. The molecule has 0 spiro atoms. The monoisotopic (exact) mass is 310 g/mol. The molecular weight excluding hydrogens is 302 g/mol. The average Bonchev–Trinajstić information content (AvgIpc) is 2.30. The predicted molar refractivity (Wildman–Crippen MR) is 68.7 cm³/mol. The van der Waals surface area contributed by atoms with Gasteiger partial charge in [0.2, 0.25) is 0 Å². The van der Waals surface area contributed by atoms with Crippen LogP contribution in [0.15, 0.2) is 40.9 Å². The van der Waals surface area contributed by atoms with E-state index in [-0.39, 0.29) is 15.8 Å². The van der Waals surface area contributed by atoms with Crippen LogP contribution in [-0.4, -0.2) is 5.78 Å². The number of carbonyl (C=O) groups is 1. The van der Waals surface area contributed by atoms with Gasteiger partial charge in [0.15, 0.2) is 5.78 Å². The number of rotatable bonds is 2. The Morgan fingerprint density at radius 3 is 2.39 bits per heavy atom. The van der Waals surface area contributed by atoms with Gasteiger partial charge in [-0.15, -0.1) is 0 Å². The van der Waals surface area contributed by atoms with E-state index in [1.165, 1.54) is 30.3 Å². The Balaban J connectivity index is 2.44. The molecule has 2 rings (SSSR count). The molecule has 0 aromatic heterocycles. The van der Waals surface area contributed by atoms with Crippen molar-refractivity contribution in [3.63, 3.8) is 0 Å². The second-order valence-electron chi connectivity index (χ2n) is 3.98. The van der Waals surface area contributed by atoms with Gasteiger partial charge >= 0.3 is 0 Å². The molecule has 0 aliphatic rings. The molecule has 0 N–H and O–H groups in total. The molecule has 0 saturated heterocycles. The number of carbonyl (C=O) groups excluding carboxylic acids is 1. The normalized spacial score (nSPS) is 10.4. The fourth-order valence-electron chi connectivity index (χ4n) is 1.67. The van der Waals surface area contributed by atoms with Crippen molar-refractivity contribution in [2.75, 3.05) is 0 Å². The van der Waals surface area contributed by atoms with E-state index in [2.05, 4.69) is 15.9 Å². The molecule has 0 amide bonds. The van der Waals surface area contributed by atoms with Gasteiger partial charge in [0.05, 0.1) is 4.47 Å². The fourth-order valence-corrected chi connectivity index (χ4v) is 2.05. The molecule has 0 fully saturated rings. The third-order valence-corrected chi connectivity index (χ3v) is 3.09. The minimum Gasteiger partial charge on any atom is -0.289 e. The van der Waals surface area contributed by atoms with Crippen molar-refractivity contribution in [3.05, 3.63) is 69.2 Å². The van der Waals surface area contributed by atoms with Crippen molar-refractivity contribution in [1.82, 2.24) is 0 Å². The summed E-state index contributed by atoms with van der Waals surface area (Å²) < 4.78 is 26.5. The van der Waals surface area contributed by atoms with Crippen molar-refractivity contribution in [2.24, 2.45) is 0 Å². The quantitative estimate of drug-likeness (QED) is 0.757. The van der Waals surface area contributed by atoms with E-state index in [4.69, 9.17) is 0 Å². The Kier molecular flexibility index (Phi) is 3.57. The number of aryl methyl sites for hydroxylation is 1. The lowest BCUT2D eigenvalue weighted by atomic mass is 10.0. The van der Waals surface area contributed by atoms with E-state index >= 15 is 0 Å². The molecule has 2 aromatic carbocycles. The summed E-state index contributed by atoms with van der Waals surface area (Å²) in [5.74, 6) is -1.24. The van der Waals surface area contributed by atoms with Gasteiger partial charge in [0, 0.05) is 11.1 Å². The number of hydrogen-bond acceptors (Lipinski definition) is 1. The first-order valence-corrected chi connectivity index (χ1v) is 6.03. The molecule has 0 saturated carbocycles. The lowest BCUT2D eigenvalue weighted by Gasteiger charge is -2.04. The van der Waals surface area contributed by atoms with E-state index in [0.29, 0.717) is 11.1 Å². The van der Waals surface area contributed by atoms with Gasteiger partial charge in [-0.25, -0.2) is 8.78 Å². The summed E-state index contributed by atoms with van der Waals surface area (Å²) in [4.78, 5) is 12.1. The zero-order chi connectivity index (χ0) is 13.3. The SMILES string of the molecule is Cc1cc(F)cc(C(=O)c2ccc(F)c(Br)c2)c1. The smallest absolute Gasteiger partial charge is 0.193 e. The highest BCUT2D eigenvalue weighted by atomic mass is 79.9. The van der Waals surface area contributed by atoms with Crippen LogP contribution in [0.2, 0.25) is 0 Å². The van der Waals surface area contributed by atoms with E-state index in [1.54, 1.807) is 13.0 Å². The van der Waals surface area contributed by atoms with Crippen molar-refractivity contribution in [3.8, 4) is 0 Å². The minimum atomic E-state index is -0.459. The number of halogens is 3. The van der Waals surface area contributed by atoms with E-state index in [1.807, 2.05) is 0 Å². The van der Waals surface area contributed by atoms with Crippen LogP contribution in [0.25, 0.3) is 0 Å². The number of ketones is 1. The summed E-state index contributed by atoms with van der Waals surface area (Å²) in [6.07, 6.45) is 0. The molecule has 0 bridgehead atoms. The van der Waals surface area contributed by atoms with Crippen LogP contribution >= 0.6 is 15.9 Å². The molecule has 0 radical (unpaired) electrons. The van der Waals surface area contributed by atoms with Crippen molar-refractivity contribution in [1.29, 1.82) is 0 Å². The number of hydrogen-bond donors (Lipinski definition) is 0. The van der Waals surface area contributed by atoms with Gasteiger partial charge in [-0.1, -0.05) is 0 Å². The van der Waals surface area contributed by atoms with Gasteiger partial charge in [-0.3, -0.25) is 4.79 Å². The summed E-state index contributed by atoms with van der Waals surface area (Å²) in [5, 5.41) is 0. The molecule has 92 valence electrons. The molecule has 0 atom stereocenters. The second-order valence-corrected chi connectivity index (χ2v) is 4.83. The van der Waals surface area contributed by atoms with Crippen LogP contribution in [0.4, 0.5) is 8.78 Å². The van der Waals surface area contributed by atoms with Crippen molar-refractivity contribution in [2.45, 2.75) is 6.92 Å². The van der Waals surface area contributed by atoms with Gasteiger partial charge in [0.1, 0.15) is 11.6 Å². The molecule has 4 heteroatoms. The van der Waals surface area contributed by atoms with E-state index in [0.717, 1.165) is 0 Å². The van der Waals surface area contributed by atoms with E-state index in [9.17, 15) is 13.6 Å². The summed E-state index contributed by atoms with van der Waals surface area (Å²) in [5.41, 5.74) is 1.24. The molecular formula is C14H9BrF2O. The predicted octanol–water partition coefficient (Wildman–Crippen LogP) is 4.27. The molecule has 0 aliphatic heterocycles. The Labute approximate surface area is 112 Å². The minimum absolute atomic E-state index is 0.210. The molecule has 0 unspecified atom stereocenters. The average molecular weight is 311 g/mol. The van der Waals surface area contributed by atoms with Gasteiger partial charge in [-0.2, -0.15) is 0 Å². The highest BCUT2D eigenvalue weighted by Crippen LogP contribution is 2.20. The highest BCUT2D eigenvalue weighted by molar-refractivity contribution is 9.10. The summed E-state index contributed by atoms with van der Waals surface area (Å²) in [7, 11) is 0. The first-order valence-electron chi connectivity index (χ1n) is 5.24. The van der Waals surface area contributed by atoms with Gasteiger partial charge in [-0.05, 0) is 64.8 Å². The Morgan fingerprint density at radius 2 is 1.78 bits per heavy atom. The maximum absolute atomic E-state index is 13.2. The molecule has 2 aromatic rings. The molecule has 0 heterocycles. The standard InChI is InChI=1S/C14H9BrF2O/c1-8-4-10(6-11(16)5-8)14(18)9-2-3-13(17)12(15)7-9/h2-7H,1H3. The highest BCUT2D eigenvalue weighted by Gasteiger charge is 2.12. The van der Waals surface area contributed by atoms with Crippen molar-refractivity contribution >= 4 is 21.7 Å². The van der Waals surface area contributed by atoms with Crippen LogP contribution in [0.3, 0.4) is 0 Å². The van der Waals surface area contributed by atoms with Crippen LogP contribution < -0.4 is 0 Å². The van der Waals surface area contributed by atoms with Gasteiger partial charge in [0.25, 0.3) is 0 Å². The third-order valence-electron chi connectivity index (χ3n) is 2.49. The maximum Gasteiger partial charge on any atom is 0.193 e. The molecule has 18 heavy (non-hydrogen) atoms. The van der Waals surface area contributed by atoms with Crippen LogP contribution in [0.1, 0.15) is 21.5 Å². The third kappa shape index (κ3) is 2.64. The zero-order valence-corrected chi connectivity index (χ0v) is 11.1. The lowest BCUT2D eigenvalue weighted by molar-refractivity contribution is 0.103. The van der Waals surface area contributed by atoms with E-state index < -0.39 is 11.6 Å². The van der Waals surface area contributed by atoms with Crippen molar-refractivity contribution < 1.29 is 13.6 Å². The van der Waals surface area contributed by atoms with Crippen LogP contribution in [-0.2, 0) is 0 Å². The first-order chi connectivity index (χ1) is 8.47. The lowest BCUT2D eigenvalue weighted by Crippen LogP contribution is -2.03. The Morgan fingerprint density at radius 1 is 1.06 bits per heavy atom. The fraction of sp³-hybridized carbons (Fsp3) is 0.0714. The summed E-state index contributed by atoms with van der Waals surface area (Å²) >= 11 is 3.01. The largest absolute Gasteiger partial charge is 0.289 e. The molecule has 0 aliphatic carbocycles. The Hall–Kier alpha value is -1.55. The zero-order valence-electron chi connectivity index (χ0n) is 9.51. The van der Waals surface area contributed by atoms with Crippen LogP contribution in [0.5, 0.6) is 0 Å². The summed E-state index contributed by atoms with van der Waals surface area (Å²) in [6, 6.07) is 8.08. The van der Waals surface area contributed by atoms with Crippen LogP contribution in [0, 0.1) is 18.6 Å². The topological polar surface area (TPSA) is 17.1 Å². The summed E-state index contributed by atoms with van der Waals surface area (Å²) in [6.45, 7) is 1.71. The molecule has 1 nitrogen and oxygen atoms in total. The second kappa shape index (κ2) is 4.98.